The molecular weight excluding hydrogens is 214 g/mol. The highest BCUT2D eigenvalue weighted by atomic mass is 16.4. The molecule has 1 atom stereocenters. The fraction of sp³-hybridized carbons (Fsp3) is 0.500. The van der Waals surface area contributed by atoms with Gasteiger partial charge in [-0.2, -0.15) is 0 Å². The minimum absolute atomic E-state index is 0.129. The molecule has 6 nitrogen and oxygen atoms in total. The van der Waals surface area contributed by atoms with Crippen LogP contribution >= 0.6 is 0 Å². The predicted octanol–water partition coefficient (Wildman–Crippen LogP) is 0.387. The summed E-state index contributed by atoms with van der Waals surface area (Å²) < 4.78 is 0. The van der Waals surface area contributed by atoms with E-state index in [0.717, 1.165) is 0 Å². The molecule has 0 aromatic carbocycles. The van der Waals surface area contributed by atoms with E-state index in [0.29, 0.717) is 6.42 Å². The Morgan fingerprint density at radius 1 is 1.31 bits per heavy atom. The molecule has 0 aliphatic heterocycles. The summed E-state index contributed by atoms with van der Waals surface area (Å²) in [6.45, 7) is 1.84. The van der Waals surface area contributed by atoms with E-state index in [2.05, 4.69) is 5.32 Å². The van der Waals surface area contributed by atoms with Crippen molar-refractivity contribution in [1.82, 2.24) is 5.32 Å². The van der Waals surface area contributed by atoms with Crippen LogP contribution in [0.25, 0.3) is 0 Å². The van der Waals surface area contributed by atoms with Gasteiger partial charge in [-0.1, -0.05) is 13.0 Å². The van der Waals surface area contributed by atoms with Crippen LogP contribution in [0.2, 0.25) is 0 Å². The minimum Gasteiger partial charge on any atom is -0.481 e. The Hall–Kier alpha value is -1.85. The number of allylic oxidation sites excluding steroid dienone is 1. The molecule has 0 bridgehead atoms. The van der Waals surface area contributed by atoms with Gasteiger partial charge in [0.15, 0.2) is 0 Å². The number of carboxylic acid groups (broad SMARTS) is 2. The van der Waals surface area contributed by atoms with Crippen molar-refractivity contribution in [1.29, 1.82) is 0 Å². The fourth-order valence-electron chi connectivity index (χ4n) is 0.970. The largest absolute Gasteiger partial charge is 0.481 e. The van der Waals surface area contributed by atoms with Crippen molar-refractivity contribution in [3.05, 3.63) is 12.2 Å². The number of aliphatic carboxylic acids is 2. The van der Waals surface area contributed by atoms with E-state index in [1.54, 1.807) is 6.08 Å². The van der Waals surface area contributed by atoms with E-state index >= 15 is 0 Å². The van der Waals surface area contributed by atoms with Gasteiger partial charge in [0.05, 0.1) is 0 Å². The summed E-state index contributed by atoms with van der Waals surface area (Å²) in [6, 6.07) is -1.16. The Balaban J connectivity index is 4.22. The highest BCUT2D eigenvalue weighted by Gasteiger charge is 2.19. The van der Waals surface area contributed by atoms with Gasteiger partial charge in [0.1, 0.15) is 6.04 Å². The lowest BCUT2D eigenvalue weighted by molar-refractivity contribution is -0.142. The second-order valence-electron chi connectivity index (χ2n) is 3.14. The van der Waals surface area contributed by atoms with Crippen molar-refractivity contribution in [3.8, 4) is 0 Å². The molecule has 0 aromatic rings. The van der Waals surface area contributed by atoms with E-state index in [9.17, 15) is 14.4 Å². The summed E-state index contributed by atoms with van der Waals surface area (Å²) in [5, 5.41) is 19.3. The van der Waals surface area contributed by atoms with Gasteiger partial charge in [0, 0.05) is 6.42 Å². The number of rotatable bonds is 7. The van der Waals surface area contributed by atoms with Gasteiger partial charge in [0.25, 0.3) is 0 Å². The van der Waals surface area contributed by atoms with Gasteiger partial charge in [0.2, 0.25) is 5.91 Å². The van der Waals surface area contributed by atoms with Gasteiger partial charge in [-0.3, -0.25) is 9.59 Å². The summed E-state index contributed by atoms with van der Waals surface area (Å²) in [5.74, 6) is -2.86. The number of hydrogen-bond acceptors (Lipinski definition) is 3. The Morgan fingerprint density at radius 3 is 2.38 bits per heavy atom. The molecule has 0 fully saturated rings. The number of amides is 1. The summed E-state index contributed by atoms with van der Waals surface area (Å²) in [7, 11) is 0. The Labute approximate surface area is 93.0 Å². The van der Waals surface area contributed by atoms with Crippen LogP contribution in [-0.2, 0) is 14.4 Å². The van der Waals surface area contributed by atoms with Crippen molar-refractivity contribution in [2.24, 2.45) is 0 Å². The molecule has 3 N–H and O–H groups in total. The first-order chi connectivity index (χ1) is 7.47. The van der Waals surface area contributed by atoms with Crippen LogP contribution in [0.5, 0.6) is 0 Å². The predicted molar refractivity (Wildman–Crippen MR) is 55.9 cm³/mol. The van der Waals surface area contributed by atoms with Crippen LogP contribution in [0.15, 0.2) is 12.2 Å². The molecule has 0 spiro atoms. The van der Waals surface area contributed by atoms with Gasteiger partial charge in [-0.05, 0) is 18.9 Å². The van der Waals surface area contributed by atoms with Crippen molar-refractivity contribution in [3.63, 3.8) is 0 Å². The van der Waals surface area contributed by atoms with E-state index in [1.165, 1.54) is 6.08 Å². The van der Waals surface area contributed by atoms with Gasteiger partial charge in [-0.15, -0.1) is 0 Å². The van der Waals surface area contributed by atoms with E-state index in [1.807, 2.05) is 6.92 Å². The van der Waals surface area contributed by atoms with Crippen LogP contribution in [-0.4, -0.2) is 34.1 Å². The molecule has 0 saturated carbocycles. The first kappa shape index (κ1) is 14.2. The molecular formula is C10H15NO5. The van der Waals surface area contributed by atoms with Gasteiger partial charge >= 0.3 is 11.9 Å². The SMILES string of the molecule is CCC=CC(=O)N[C@@H](CCC(=O)O)C(=O)O. The minimum atomic E-state index is -1.24. The second kappa shape index (κ2) is 7.44. The molecule has 0 aliphatic rings. The van der Waals surface area contributed by atoms with E-state index in [4.69, 9.17) is 10.2 Å². The summed E-state index contributed by atoms with van der Waals surface area (Å²) in [4.78, 5) is 32.1. The van der Waals surface area contributed by atoms with Crippen molar-refractivity contribution >= 4 is 17.8 Å². The normalized spacial score (nSPS) is 12.3. The van der Waals surface area contributed by atoms with Crippen LogP contribution < -0.4 is 5.32 Å². The molecule has 0 saturated heterocycles. The summed E-state index contributed by atoms with van der Waals surface area (Å²) >= 11 is 0. The van der Waals surface area contributed by atoms with Crippen LogP contribution in [0, 0.1) is 0 Å². The first-order valence-electron chi connectivity index (χ1n) is 4.89. The van der Waals surface area contributed by atoms with Crippen LogP contribution in [0.1, 0.15) is 26.2 Å². The summed E-state index contributed by atoms with van der Waals surface area (Å²) in [6.07, 6.45) is 3.06. The molecule has 0 rings (SSSR count). The maximum absolute atomic E-state index is 11.2. The van der Waals surface area contributed by atoms with E-state index in [-0.39, 0.29) is 12.8 Å². The number of nitrogens with one attached hydrogen (secondary N) is 1. The maximum atomic E-state index is 11.2. The zero-order chi connectivity index (χ0) is 12.6. The Morgan fingerprint density at radius 2 is 1.94 bits per heavy atom. The van der Waals surface area contributed by atoms with Gasteiger partial charge in [-0.25, -0.2) is 4.79 Å². The molecule has 0 aromatic heterocycles. The second-order valence-corrected chi connectivity index (χ2v) is 3.14. The average Bonchev–Trinajstić information content (AvgIpc) is 2.20. The number of carbonyl (C=O) groups is 3. The number of carboxylic acids is 2. The third-order valence-corrected chi connectivity index (χ3v) is 1.77. The lowest BCUT2D eigenvalue weighted by Crippen LogP contribution is -2.40. The lowest BCUT2D eigenvalue weighted by Gasteiger charge is -2.11. The zero-order valence-corrected chi connectivity index (χ0v) is 8.97. The zero-order valence-electron chi connectivity index (χ0n) is 8.97. The number of carbonyl (C=O) groups excluding carboxylic acids is 1. The standard InChI is InChI=1S/C10H15NO5/c1-2-3-4-8(12)11-7(10(15)16)5-6-9(13)14/h3-4,7H,2,5-6H2,1H3,(H,11,12)(H,13,14)(H,15,16)/t7-/m0/s1. The monoisotopic (exact) mass is 229 g/mol. The average molecular weight is 229 g/mol. The van der Waals surface area contributed by atoms with Crippen LogP contribution in [0.3, 0.4) is 0 Å². The molecule has 0 heterocycles. The molecule has 1 amide bonds. The van der Waals surface area contributed by atoms with Crippen molar-refractivity contribution in [2.45, 2.75) is 32.2 Å². The third kappa shape index (κ3) is 6.58. The maximum Gasteiger partial charge on any atom is 0.326 e. The van der Waals surface area contributed by atoms with Crippen LogP contribution in [0.4, 0.5) is 0 Å². The molecule has 6 heteroatoms. The highest BCUT2D eigenvalue weighted by Crippen LogP contribution is 1.98. The third-order valence-electron chi connectivity index (χ3n) is 1.77. The van der Waals surface area contributed by atoms with Crippen molar-refractivity contribution < 1.29 is 24.6 Å². The molecule has 0 radical (unpaired) electrons. The molecule has 0 unspecified atom stereocenters. The lowest BCUT2D eigenvalue weighted by atomic mass is 10.1. The first-order valence-corrected chi connectivity index (χ1v) is 4.89. The smallest absolute Gasteiger partial charge is 0.326 e. The number of hydrogen-bond donors (Lipinski definition) is 3. The quantitative estimate of drug-likeness (QED) is 0.548. The van der Waals surface area contributed by atoms with Crippen molar-refractivity contribution in [2.75, 3.05) is 0 Å². The highest BCUT2D eigenvalue weighted by molar-refractivity contribution is 5.91. The fourth-order valence-corrected chi connectivity index (χ4v) is 0.970. The molecule has 0 aliphatic carbocycles. The summed E-state index contributed by atoms with van der Waals surface area (Å²) in [5.41, 5.74) is 0. The topological polar surface area (TPSA) is 104 Å². The molecule has 16 heavy (non-hydrogen) atoms. The Kier molecular flexibility index (Phi) is 6.58. The molecule has 90 valence electrons. The Bertz CT molecular complexity index is 298. The van der Waals surface area contributed by atoms with Gasteiger partial charge < -0.3 is 15.5 Å². The van der Waals surface area contributed by atoms with E-state index < -0.39 is 23.9 Å².